The first-order chi connectivity index (χ1) is 16.1. The number of nitrogens with zero attached hydrogens (tertiary/aromatic N) is 2. The molecule has 0 aliphatic heterocycles. The van der Waals surface area contributed by atoms with Gasteiger partial charge in [0.25, 0.3) is 0 Å². The number of benzene rings is 2. The minimum absolute atomic E-state index is 0.0157. The molecule has 0 atom stereocenters. The number of aliphatic hydroxyl groups excluding tert-OH is 1. The first-order valence-corrected chi connectivity index (χ1v) is 10.9. The monoisotopic (exact) mass is 518 g/mol. The summed E-state index contributed by atoms with van der Waals surface area (Å²) in [5, 5.41) is 12.5. The fraction of sp³-hybridized carbons (Fsp3) is 0.304. The molecule has 1 N–H and O–H groups in total. The highest BCUT2D eigenvalue weighted by atomic mass is 35.5. The molecule has 0 unspecified atom stereocenters. The lowest BCUT2D eigenvalue weighted by Crippen LogP contribution is -2.09. The predicted molar refractivity (Wildman–Crippen MR) is 119 cm³/mol. The Hall–Kier alpha value is -2.46. The van der Waals surface area contributed by atoms with Gasteiger partial charge in [-0.05, 0) is 36.2 Å². The Balaban J connectivity index is 1.73. The van der Waals surface area contributed by atoms with Gasteiger partial charge in [-0.25, -0.2) is 9.07 Å². The predicted octanol–water partition coefficient (Wildman–Crippen LogP) is 5.59. The molecule has 0 amide bonds. The number of halogens is 6. The molecule has 2 aromatic carbocycles. The molecule has 0 spiro atoms. The Morgan fingerprint density at radius 1 is 1.15 bits per heavy atom. The van der Waals surface area contributed by atoms with Gasteiger partial charge in [0.15, 0.2) is 5.69 Å². The summed E-state index contributed by atoms with van der Waals surface area (Å²) in [6.07, 6.45) is -4.91. The number of Topliss-reactive ketones (excluding diaryl/α,β-unsaturated/α-hetero) is 1. The largest absolute Gasteiger partial charge is 0.435 e. The zero-order valence-corrected chi connectivity index (χ0v) is 19.2. The first-order valence-electron chi connectivity index (χ1n) is 10.2. The Labute approximate surface area is 202 Å². The van der Waals surface area contributed by atoms with Gasteiger partial charge in [0.1, 0.15) is 11.6 Å². The van der Waals surface area contributed by atoms with Crippen molar-refractivity contribution < 1.29 is 32.2 Å². The van der Waals surface area contributed by atoms with Crippen molar-refractivity contribution in [1.82, 2.24) is 9.78 Å². The Morgan fingerprint density at radius 3 is 2.59 bits per heavy atom. The van der Waals surface area contributed by atoms with Gasteiger partial charge in [0.2, 0.25) is 0 Å². The zero-order chi connectivity index (χ0) is 24.9. The van der Waals surface area contributed by atoms with Crippen molar-refractivity contribution in [1.29, 1.82) is 0 Å². The van der Waals surface area contributed by atoms with E-state index in [2.05, 4.69) is 5.10 Å². The van der Waals surface area contributed by atoms with Crippen molar-refractivity contribution in [2.75, 3.05) is 13.2 Å². The zero-order valence-electron chi connectivity index (χ0n) is 17.7. The van der Waals surface area contributed by atoms with E-state index in [0.717, 1.165) is 10.7 Å². The van der Waals surface area contributed by atoms with E-state index >= 15 is 0 Å². The smallest absolute Gasteiger partial charge is 0.394 e. The van der Waals surface area contributed by atoms with E-state index in [9.17, 15) is 22.4 Å². The Bertz CT molecular complexity index is 1170. The summed E-state index contributed by atoms with van der Waals surface area (Å²) < 4.78 is 60.1. The number of aromatic nitrogens is 2. The van der Waals surface area contributed by atoms with Crippen LogP contribution in [0.2, 0.25) is 10.0 Å². The van der Waals surface area contributed by atoms with E-state index in [-0.39, 0.29) is 71.9 Å². The molecule has 3 aromatic rings. The lowest BCUT2D eigenvalue weighted by atomic mass is 10.0. The average Bonchev–Trinajstić information content (AvgIpc) is 3.20. The van der Waals surface area contributed by atoms with Crippen molar-refractivity contribution in [3.8, 4) is 5.69 Å². The van der Waals surface area contributed by atoms with Crippen LogP contribution < -0.4 is 0 Å². The molecular weight excluding hydrogens is 499 g/mol. The van der Waals surface area contributed by atoms with Crippen molar-refractivity contribution >= 4 is 29.0 Å². The molecule has 0 saturated carbocycles. The number of alkyl halides is 3. The number of hydrogen-bond acceptors (Lipinski definition) is 4. The van der Waals surface area contributed by atoms with Crippen LogP contribution in [-0.2, 0) is 35.2 Å². The van der Waals surface area contributed by atoms with Gasteiger partial charge in [-0.15, -0.1) is 0 Å². The van der Waals surface area contributed by atoms with Crippen LogP contribution in [-0.4, -0.2) is 33.9 Å². The lowest BCUT2D eigenvalue weighted by Gasteiger charge is -2.10. The SMILES string of the molecule is O=C(CCc1cc(C(F)(F)F)nn1-c1cccc(Cl)c1Cl)Cc1ccc(COCCO)c(F)c1. The van der Waals surface area contributed by atoms with Crippen LogP contribution in [0, 0.1) is 5.82 Å². The van der Waals surface area contributed by atoms with Crippen LogP contribution in [0.1, 0.15) is 28.9 Å². The maximum Gasteiger partial charge on any atom is 0.435 e. The molecule has 0 saturated heterocycles. The normalized spacial score (nSPS) is 11.7. The highest BCUT2D eigenvalue weighted by Crippen LogP contribution is 2.33. The third-order valence-corrected chi connectivity index (χ3v) is 5.71. The summed E-state index contributed by atoms with van der Waals surface area (Å²) in [6.45, 7) is -0.119. The van der Waals surface area contributed by atoms with Gasteiger partial charge in [-0.1, -0.05) is 41.4 Å². The molecule has 0 fully saturated rings. The molecule has 5 nitrogen and oxygen atoms in total. The molecule has 0 aliphatic carbocycles. The van der Waals surface area contributed by atoms with Crippen LogP contribution in [0.5, 0.6) is 0 Å². The van der Waals surface area contributed by atoms with E-state index in [1.807, 2.05) is 0 Å². The number of aryl methyl sites for hydroxylation is 1. The molecule has 3 rings (SSSR count). The molecule has 11 heteroatoms. The summed E-state index contributed by atoms with van der Waals surface area (Å²) in [7, 11) is 0. The minimum atomic E-state index is -4.69. The maximum absolute atomic E-state index is 14.2. The standard InChI is InChI=1S/C23H20Cl2F4N2O3/c24-18-2-1-3-20(22(18)25)31-16(12-21(30-31)23(27,28)29)6-7-17(33)10-14-4-5-15(19(26)11-14)13-34-9-8-32/h1-5,11-12,32H,6-10,13H2. The molecule has 1 aromatic heterocycles. The Kier molecular flexibility index (Phi) is 8.70. The van der Waals surface area contributed by atoms with E-state index in [4.69, 9.17) is 33.0 Å². The number of ether oxygens (including phenoxy) is 1. The third-order valence-electron chi connectivity index (χ3n) is 4.90. The van der Waals surface area contributed by atoms with Crippen molar-refractivity contribution in [3.05, 3.63) is 80.8 Å². The van der Waals surface area contributed by atoms with Crippen LogP contribution in [0.15, 0.2) is 42.5 Å². The number of carbonyl (C=O) groups excluding carboxylic acids is 1. The van der Waals surface area contributed by atoms with Gasteiger partial charge in [-0.2, -0.15) is 18.3 Å². The molecule has 182 valence electrons. The molecule has 0 radical (unpaired) electrons. The summed E-state index contributed by atoms with van der Waals surface area (Å²) >= 11 is 12.2. The van der Waals surface area contributed by atoms with E-state index in [1.165, 1.54) is 30.3 Å². The molecule has 1 heterocycles. The van der Waals surface area contributed by atoms with Crippen LogP contribution in [0.3, 0.4) is 0 Å². The van der Waals surface area contributed by atoms with Gasteiger partial charge in [0, 0.05) is 24.1 Å². The van der Waals surface area contributed by atoms with E-state index in [0.29, 0.717) is 5.56 Å². The van der Waals surface area contributed by atoms with E-state index < -0.39 is 17.7 Å². The molecular formula is C23H20Cl2F4N2O3. The van der Waals surface area contributed by atoms with Crippen LogP contribution in [0.25, 0.3) is 5.69 Å². The van der Waals surface area contributed by atoms with Crippen molar-refractivity contribution in [2.24, 2.45) is 0 Å². The first kappa shape index (κ1) is 26.2. The fourth-order valence-electron chi connectivity index (χ4n) is 3.25. The number of ketones is 1. The maximum atomic E-state index is 14.2. The minimum Gasteiger partial charge on any atom is -0.394 e. The third kappa shape index (κ3) is 6.56. The average molecular weight is 519 g/mol. The highest BCUT2D eigenvalue weighted by Gasteiger charge is 2.35. The summed E-state index contributed by atoms with van der Waals surface area (Å²) in [5.74, 6) is -0.839. The van der Waals surface area contributed by atoms with Crippen LogP contribution >= 0.6 is 23.2 Å². The molecule has 0 aliphatic rings. The number of hydrogen-bond donors (Lipinski definition) is 1. The van der Waals surface area contributed by atoms with Crippen molar-refractivity contribution in [2.45, 2.75) is 32.0 Å². The molecule has 0 bridgehead atoms. The number of aliphatic hydroxyl groups is 1. The van der Waals surface area contributed by atoms with Crippen molar-refractivity contribution in [3.63, 3.8) is 0 Å². The van der Waals surface area contributed by atoms with Gasteiger partial charge >= 0.3 is 6.18 Å². The highest BCUT2D eigenvalue weighted by molar-refractivity contribution is 6.43. The Morgan fingerprint density at radius 2 is 1.91 bits per heavy atom. The second kappa shape index (κ2) is 11.3. The second-order valence-corrected chi connectivity index (χ2v) is 8.21. The number of carbonyl (C=O) groups is 1. The van der Waals surface area contributed by atoms with Crippen LogP contribution in [0.4, 0.5) is 17.6 Å². The lowest BCUT2D eigenvalue weighted by molar-refractivity contribution is -0.141. The number of rotatable bonds is 10. The van der Waals surface area contributed by atoms with Gasteiger partial charge in [0.05, 0.1) is 35.6 Å². The molecule has 34 heavy (non-hydrogen) atoms. The second-order valence-electron chi connectivity index (χ2n) is 7.42. The van der Waals surface area contributed by atoms with E-state index in [1.54, 1.807) is 6.07 Å². The summed E-state index contributed by atoms with van der Waals surface area (Å²) in [5.41, 5.74) is -0.116. The quantitative estimate of drug-likeness (QED) is 0.280. The topological polar surface area (TPSA) is 64.4 Å². The summed E-state index contributed by atoms with van der Waals surface area (Å²) in [4.78, 5) is 12.5. The van der Waals surface area contributed by atoms with Gasteiger partial charge < -0.3 is 9.84 Å². The summed E-state index contributed by atoms with van der Waals surface area (Å²) in [6, 6.07) is 9.64. The fourth-order valence-corrected chi connectivity index (χ4v) is 3.62. The van der Waals surface area contributed by atoms with Gasteiger partial charge in [-0.3, -0.25) is 4.79 Å².